The highest BCUT2D eigenvalue weighted by atomic mass is 16.7. The van der Waals surface area contributed by atoms with Gasteiger partial charge in [-0.2, -0.15) is 0 Å². The number of hydrogen-bond acceptors (Lipinski definition) is 5. The Kier molecular flexibility index (Phi) is 5.30. The molecule has 0 aliphatic carbocycles. The number of anilines is 1. The van der Waals surface area contributed by atoms with Gasteiger partial charge in [0, 0.05) is 11.6 Å². The quantitative estimate of drug-likeness (QED) is 0.805. The number of benzene rings is 2. The first-order valence-electron chi connectivity index (χ1n) is 9.62. The molecule has 2 heterocycles. The van der Waals surface area contributed by atoms with Gasteiger partial charge in [0.25, 0.3) is 0 Å². The molecule has 28 heavy (non-hydrogen) atoms. The number of ether oxygens (including phenoxy) is 2. The molecule has 2 aliphatic heterocycles. The molecule has 0 radical (unpaired) electrons. The molecular formula is C22H24N2O4. The van der Waals surface area contributed by atoms with Gasteiger partial charge in [-0.05, 0) is 50.4 Å². The number of Topliss-reactive ketones (excluding diaryl/α,β-unsaturated/α-hetero) is 1. The van der Waals surface area contributed by atoms with Crippen molar-refractivity contribution in [2.75, 3.05) is 31.7 Å². The molecule has 6 nitrogen and oxygen atoms in total. The van der Waals surface area contributed by atoms with Crippen LogP contribution in [0.25, 0.3) is 0 Å². The van der Waals surface area contributed by atoms with Crippen LogP contribution in [-0.2, 0) is 4.79 Å². The van der Waals surface area contributed by atoms with Gasteiger partial charge in [0.05, 0.1) is 12.2 Å². The minimum atomic E-state index is -0.128. The summed E-state index contributed by atoms with van der Waals surface area (Å²) in [5, 5.41) is 2.87. The molecule has 0 bridgehead atoms. The van der Waals surface area contributed by atoms with E-state index in [1.54, 1.807) is 12.1 Å². The van der Waals surface area contributed by atoms with E-state index in [1.165, 1.54) is 12.5 Å². The van der Waals surface area contributed by atoms with E-state index in [1.807, 2.05) is 6.07 Å². The van der Waals surface area contributed by atoms with E-state index in [0.717, 1.165) is 25.9 Å². The maximum absolute atomic E-state index is 12.6. The van der Waals surface area contributed by atoms with Crippen LogP contribution in [0.3, 0.4) is 0 Å². The monoisotopic (exact) mass is 380 g/mol. The number of piperidine rings is 1. The molecule has 0 saturated carbocycles. The fourth-order valence-electron chi connectivity index (χ4n) is 3.88. The summed E-state index contributed by atoms with van der Waals surface area (Å²) in [6.45, 7) is 3.68. The Morgan fingerprint density at radius 2 is 1.75 bits per heavy atom. The van der Waals surface area contributed by atoms with Gasteiger partial charge >= 0.3 is 0 Å². The molecule has 4 rings (SSSR count). The van der Waals surface area contributed by atoms with Crippen molar-refractivity contribution in [2.24, 2.45) is 0 Å². The van der Waals surface area contributed by atoms with Gasteiger partial charge in [-0.25, -0.2) is 0 Å². The van der Waals surface area contributed by atoms with Crippen LogP contribution in [0, 0.1) is 0 Å². The average Bonchev–Trinajstić information content (AvgIpc) is 3.16. The van der Waals surface area contributed by atoms with Crippen LogP contribution in [-0.4, -0.2) is 43.0 Å². The smallest absolute Gasteiger partial charge is 0.238 e. The van der Waals surface area contributed by atoms with Crippen molar-refractivity contribution in [3.8, 4) is 11.5 Å². The van der Waals surface area contributed by atoms with Crippen LogP contribution in [0.15, 0.2) is 42.5 Å². The second-order valence-electron chi connectivity index (χ2n) is 7.32. The first-order valence-corrected chi connectivity index (χ1v) is 9.62. The average molecular weight is 380 g/mol. The Morgan fingerprint density at radius 3 is 2.43 bits per heavy atom. The zero-order valence-electron chi connectivity index (χ0n) is 15.9. The van der Waals surface area contributed by atoms with Gasteiger partial charge in [0.15, 0.2) is 17.3 Å². The molecule has 1 saturated heterocycles. The molecule has 1 amide bonds. The number of likely N-dealkylation sites (tertiary alicyclic amines) is 1. The second kappa shape index (κ2) is 8.02. The van der Waals surface area contributed by atoms with Crippen molar-refractivity contribution >= 4 is 17.4 Å². The lowest BCUT2D eigenvalue weighted by Gasteiger charge is -2.31. The summed E-state index contributed by atoms with van der Waals surface area (Å²) in [4.78, 5) is 26.7. The Bertz CT molecular complexity index is 874. The summed E-state index contributed by atoms with van der Waals surface area (Å²) in [5.74, 6) is 1.38. The molecule has 6 heteroatoms. The molecule has 0 spiro atoms. The number of hydrogen-bond donors (Lipinski definition) is 1. The van der Waals surface area contributed by atoms with Crippen molar-refractivity contribution in [3.63, 3.8) is 0 Å². The third-order valence-corrected chi connectivity index (χ3v) is 5.39. The lowest BCUT2D eigenvalue weighted by atomic mass is 9.89. The predicted molar refractivity (Wildman–Crippen MR) is 106 cm³/mol. The highest BCUT2D eigenvalue weighted by Gasteiger charge is 2.24. The van der Waals surface area contributed by atoms with E-state index in [4.69, 9.17) is 9.47 Å². The van der Waals surface area contributed by atoms with Crippen molar-refractivity contribution < 1.29 is 19.1 Å². The SMILES string of the molecule is CC(=O)c1cc2c(cc1NC(=O)CN1CCC(c3ccccc3)CC1)OCO2. The number of carbonyl (C=O) groups excluding carboxylic acids is 2. The number of nitrogens with zero attached hydrogens (tertiary/aromatic N) is 1. The first-order chi connectivity index (χ1) is 13.6. The Balaban J connectivity index is 1.36. The number of ketones is 1. The van der Waals surface area contributed by atoms with E-state index in [0.29, 0.717) is 35.2 Å². The van der Waals surface area contributed by atoms with Gasteiger partial charge in [-0.3, -0.25) is 14.5 Å². The van der Waals surface area contributed by atoms with Crippen LogP contribution in [0.5, 0.6) is 11.5 Å². The van der Waals surface area contributed by atoms with E-state index in [-0.39, 0.29) is 18.5 Å². The standard InChI is InChI=1S/C22H24N2O4/c1-15(25)18-11-20-21(28-14-27-20)12-19(18)23-22(26)13-24-9-7-17(8-10-24)16-5-3-2-4-6-16/h2-6,11-12,17H,7-10,13-14H2,1H3,(H,23,26). The van der Waals surface area contributed by atoms with Crippen LogP contribution in [0.1, 0.15) is 41.6 Å². The Morgan fingerprint density at radius 1 is 1.07 bits per heavy atom. The van der Waals surface area contributed by atoms with E-state index in [2.05, 4.69) is 34.5 Å². The molecule has 146 valence electrons. The van der Waals surface area contributed by atoms with Gasteiger partial charge in [-0.1, -0.05) is 30.3 Å². The summed E-state index contributed by atoms with van der Waals surface area (Å²) >= 11 is 0. The fourth-order valence-corrected chi connectivity index (χ4v) is 3.88. The van der Waals surface area contributed by atoms with E-state index in [9.17, 15) is 9.59 Å². The van der Waals surface area contributed by atoms with Crippen molar-refractivity contribution in [3.05, 3.63) is 53.6 Å². The molecule has 2 aromatic rings. The van der Waals surface area contributed by atoms with Gasteiger partial charge in [-0.15, -0.1) is 0 Å². The number of nitrogens with one attached hydrogen (secondary N) is 1. The molecule has 0 aromatic heterocycles. The highest BCUT2D eigenvalue weighted by molar-refractivity contribution is 6.05. The topological polar surface area (TPSA) is 67.9 Å². The third-order valence-electron chi connectivity index (χ3n) is 5.39. The lowest BCUT2D eigenvalue weighted by Crippen LogP contribution is -2.38. The van der Waals surface area contributed by atoms with Crippen molar-refractivity contribution in [1.29, 1.82) is 0 Å². The fraction of sp³-hybridized carbons (Fsp3) is 0.364. The summed E-state index contributed by atoms with van der Waals surface area (Å²) in [6, 6.07) is 13.8. The van der Waals surface area contributed by atoms with Crippen molar-refractivity contribution in [1.82, 2.24) is 4.90 Å². The molecule has 1 N–H and O–H groups in total. The largest absolute Gasteiger partial charge is 0.454 e. The molecule has 0 atom stereocenters. The molecule has 2 aromatic carbocycles. The maximum Gasteiger partial charge on any atom is 0.238 e. The van der Waals surface area contributed by atoms with E-state index >= 15 is 0 Å². The lowest BCUT2D eigenvalue weighted by molar-refractivity contribution is -0.117. The van der Waals surface area contributed by atoms with Gasteiger partial charge < -0.3 is 14.8 Å². The predicted octanol–water partition coefficient (Wildman–Crippen LogP) is 3.44. The number of rotatable bonds is 5. The van der Waals surface area contributed by atoms with Crippen molar-refractivity contribution in [2.45, 2.75) is 25.7 Å². The summed E-state index contributed by atoms with van der Waals surface area (Å²) in [6.07, 6.45) is 2.08. The summed E-state index contributed by atoms with van der Waals surface area (Å²) < 4.78 is 10.7. The van der Waals surface area contributed by atoms with Crippen LogP contribution < -0.4 is 14.8 Å². The molecule has 2 aliphatic rings. The minimum Gasteiger partial charge on any atom is -0.454 e. The Labute approximate surface area is 164 Å². The van der Waals surface area contributed by atoms with E-state index < -0.39 is 0 Å². The van der Waals surface area contributed by atoms with Gasteiger partial charge in [0.1, 0.15) is 0 Å². The number of fused-ring (bicyclic) bond motifs is 1. The first kappa shape index (κ1) is 18.5. The zero-order chi connectivity index (χ0) is 19.5. The third kappa shape index (κ3) is 4.02. The number of amides is 1. The second-order valence-corrected chi connectivity index (χ2v) is 7.32. The molecule has 1 fully saturated rings. The summed E-state index contributed by atoms with van der Waals surface area (Å²) in [5.41, 5.74) is 2.28. The minimum absolute atomic E-state index is 0.125. The van der Waals surface area contributed by atoms with Gasteiger partial charge in [0.2, 0.25) is 12.7 Å². The Hall–Kier alpha value is -2.86. The van der Waals surface area contributed by atoms with Crippen LogP contribution in [0.2, 0.25) is 0 Å². The summed E-state index contributed by atoms with van der Waals surface area (Å²) in [7, 11) is 0. The maximum atomic E-state index is 12.6. The highest BCUT2D eigenvalue weighted by Crippen LogP contribution is 2.37. The zero-order valence-corrected chi connectivity index (χ0v) is 15.9. The molecular weight excluding hydrogens is 356 g/mol. The van der Waals surface area contributed by atoms with Crippen LogP contribution >= 0.6 is 0 Å². The normalized spacial score (nSPS) is 16.8. The van der Waals surface area contributed by atoms with Crippen LogP contribution in [0.4, 0.5) is 5.69 Å². The molecule has 0 unspecified atom stereocenters. The number of carbonyl (C=O) groups is 2.